The second-order valence-corrected chi connectivity index (χ2v) is 8.88. The van der Waals surface area contributed by atoms with Crippen LogP contribution in [0.4, 0.5) is 5.95 Å². The van der Waals surface area contributed by atoms with Crippen LogP contribution in [-0.2, 0) is 4.79 Å². The largest absolute Gasteiger partial charge is 0.339 e. The molecule has 0 spiro atoms. The number of rotatable bonds is 5. The Morgan fingerprint density at radius 3 is 2.55 bits per heavy atom. The molecule has 0 aromatic carbocycles. The molecule has 1 amide bonds. The summed E-state index contributed by atoms with van der Waals surface area (Å²) in [4.78, 5) is 27.8. The van der Waals surface area contributed by atoms with Gasteiger partial charge in [0.25, 0.3) is 0 Å². The summed E-state index contributed by atoms with van der Waals surface area (Å²) in [7, 11) is 0. The van der Waals surface area contributed by atoms with Crippen molar-refractivity contribution in [3.63, 3.8) is 0 Å². The third kappa shape index (κ3) is 5.21. The molecule has 1 aromatic heterocycles. The number of carbonyl (C=O) groups excluding carboxylic acids is 1. The first-order valence-electron chi connectivity index (χ1n) is 10.3. The number of carbonyl (C=O) groups is 1. The summed E-state index contributed by atoms with van der Waals surface area (Å²) in [6.07, 6.45) is 8.12. The van der Waals surface area contributed by atoms with E-state index in [1.165, 1.54) is 19.3 Å². The van der Waals surface area contributed by atoms with E-state index in [0.717, 1.165) is 60.9 Å². The molecule has 29 heavy (non-hydrogen) atoms. The molecule has 8 nitrogen and oxygen atoms in total. The minimum absolute atomic E-state index is 0.229. The van der Waals surface area contributed by atoms with Gasteiger partial charge in [0.2, 0.25) is 11.9 Å². The summed E-state index contributed by atoms with van der Waals surface area (Å²) in [6.45, 7) is 9.81. The minimum atomic E-state index is 0.229. The van der Waals surface area contributed by atoms with Crippen molar-refractivity contribution in [1.82, 2.24) is 24.7 Å². The zero-order valence-corrected chi connectivity index (χ0v) is 18.3. The Kier molecular flexibility index (Phi) is 6.56. The van der Waals surface area contributed by atoms with Crippen molar-refractivity contribution in [2.45, 2.75) is 31.7 Å². The number of nitrogens with zero attached hydrogens (tertiary/aromatic N) is 6. The van der Waals surface area contributed by atoms with Crippen molar-refractivity contribution in [2.75, 3.05) is 51.2 Å². The number of aromatic nitrogens is 2. The first-order valence-corrected chi connectivity index (χ1v) is 11.1. The molecule has 0 unspecified atom stereocenters. The fourth-order valence-corrected chi connectivity index (χ4v) is 4.22. The third-order valence-electron chi connectivity index (χ3n) is 6.02. The first-order chi connectivity index (χ1) is 14.1. The molecule has 2 aliphatic heterocycles. The number of likely N-dealkylation sites (tertiary alicyclic amines) is 1. The Balaban J connectivity index is 1.22. The maximum Gasteiger partial charge on any atom is 0.243 e. The van der Waals surface area contributed by atoms with Crippen LogP contribution < -0.4 is 5.43 Å². The predicted molar refractivity (Wildman–Crippen MR) is 117 cm³/mol. The molecule has 0 radical (unpaired) electrons. The maximum atomic E-state index is 12.7. The van der Waals surface area contributed by atoms with Crippen LogP contribution in [0.5, 0.6) is 0 Å². The quantitative estimate of drug-likeness (QED) is 0.675. The smallest absolute Gasteiger partial charge is 0.243 e. The molecule has 1 saturated carbocycles. The van der Waals surface area contributed by atoms with Gasteiger partial charge in [-0.1, -0.05) is 13.0 Å². The summed E-state index contributed by atoms with van der Waals surface area (Å²) in [5.74, 6) is 0.681. The lowest BCUT2D eigenvalue weighted by molar-refractivity contribution is -0.134. The average molecular weight is 462 g/mol. The molecular weight excluding hydrogens is 434 g/mol. The van der Waals surface area contributed by atoms with Gasteiger partial charge in [0.1, 0.15) is 0 Å². The Bertz CT molecular complexity index is 770. The van der Waals surface area contributed by atoms with E-state index in [2.05, 4.69) is 52.8 Å². The molecule has 3 aliphatic rings. The maximum absolute atomic E-state index is 12.7. The summed E-state index contributed by atoms with van der Waals surface area (Å²) in [6, 6.07) is 0.770. The topological polar surface area (TPSA) is 77.0 Å². The van der Waals surface area contributed by atoms with Crippen LogP contribution in [-0.4, -0.2) is 88.1 Å². The second-order valence-electron chi connectivity index (χ2n) is 7.96. The summed E-state index contributed by atoms with van der Waals surface area (Å²) < 4.78 is 0.822. The Hall–Kier alpha value is -1.84. The van der Waals surface area contributed by atoms with Crippen LogP contribution in [0.3, 0.4) is 0 Å². The van der Waals surface area contributed by atoms with Gasteiger partial charge in [0.05, 0.1) is 16.7 Å². The summed E-state index contributed by atoms with van der Waals surface area (Å²) in [5.41, 5.74) is 4.73. The van der Waals surface area contributed by atoms with Gasteiger partial charge in [-0.05, 0) is 34.3 Å². The number of halogens is 1. The molecule has 3 heterocycles. The van der Waals surface area contributed by atoms with E-state index in [4.69, 9.17) is 0 Å². The zero-order valence-electron chi connectivity index (χ0n) is 16.7. The van der Waals surface area contributed by atoms with Crippen LogP contribution >= 0.6 is 15.9 Å². The van der Waals surface area contributed by atoms with E-state index in [1.54, 1.807) is 12.4 Å². The third-order valence-corrected chi connectivity index (χ3v) is 6.43. The predicted octanol–water partition coefficient (Wildman–Crippen LogP) is 1.97. The highest BCUT2D eigenvalue weighted by Crippen LogP contribution is 2.25. The highest BCUT2D eigenvalue weighted by molar-refractivity contribution is 9.10. The normalized spacial score (nSPS) is 23.3. The number of hydrogen-bond donors (Lipinski definition) is 1. The van der Waals surface area contributed by atoms with Gasteiger partial charge in [-0.3, -0.25) is 14.6 Å². The van der Waals surface area contributed by atoms with Gasteiger partial charge in [-0.2, -0.15) is 5.10 Å². The second kappa shape index (κ2) is 9.32. The number of anilines is 1. The van der Waals surface area contributed by atoms with Gasteiger partial charge >= 0.3 is 0 Å². The number of piperidine rings is 1. The van der Waals surface area contributed by atoms with Crippen molar-refractivity contribution in [1.29, 1.82) is 0 Å². The van der Waals surface area contributed by atoms with E-state index in [9.17, 15) is 4.79 Å². The van der Waals surface area contributed by atoms with Gasteiger partial charge in [0.15, 0.2) is 0 Å². The van der Waals surface area contributed by atoms with Crippen molar-refractivity contribution in [2.24, 2.45) is 5.10 Å². The zero-order chi connectivity index (χ0) is 20.2. The van der Waals surface area contributed by atoms with Crippen molar-refractivity contribution in [3.8, 4) is 0 Å². The molecule has 9 heteroatoms. The van der Waals surface area contributed by atoms with Gasteiger partial charge in [-0.15, -0.1) is 0 Å². The fraction of sp³-hybridized carbons (Fsp3) is 0.600. The molecule has 0 atom stereocenters. The van der Waals surface area contributed by atoms with E-state index in [0.29, 0.717) is 19.0 Å². The van der Waals surface area contributed by atoms with Crippen LogP contribution in [0, 0.1) is 0 Å². The van der Waals surface area contributed by atoms with E-state index >= 15 is 0 Å². The van der Waals surface area contributed by atoms with Crippen LogP contribution in [0.25, 0.3) is 0 Å². The molecule has 1 aliphatic carbocycles. The fourth-order valence-electron chi connectivity index (χ4n) is 4.02. The van der Waals surface area contributed by atoms with Crippen molar-refractivity contribution in [3.05, 3.63) is 29.0 Å². The highest BCUT2D eigenvalue weighted by Gasteiger charge is 2.30. The Morgan fingerprint density at radius 1 is 1.21 bits per heavy atom. The van der Waals surface area contributed by atoms with E-state index in [1.807, 2.05) is 4.90 Å². The summed E-state index contributed by atoms with van der Waals surface area (Å²) in [5, 5.41) is 4.41. The molecule has 156 valence electrons. The number of amides is 1. The SMILES string of the molecule is C=C1CN(CC(=O)N2CCN(C3CCC3)CC2)CC/C1=N/Nc1ncc(Br)cn1. The number of nitrogens with one attached hydrogen (secondary N) is 1. The van der Waals surface area contributed by atoms with Crippen LogP contribution in [0.1, 0.15) is 25.7 Å². The molecular formula is C20H28BrN7O. The van der Waals surface area contributed by atoms with Gasteiger partial charge in [-0.25, -0.2) is 15.4 Å². The number of hydrazone groups is 1. The standard InChI is InChI=1S/C20H28BrN7O/c1-15-13-26(6-5-18(15)24-25-20-22-11-16(21)12-23-20)14-19(29)28-9-7-27(8-10-28)17-3-2-4-17/h11-12,17H,1-10,13-14H2,(H,22,23,25)/b24-18-. The molecule has 0 bridgehead atoms. The monoisotopic (exact) mass is 461 g/mol. The molecule has 4 rings (SSSR count). The lowest BCUT2D eigenvalue weighted by atomic mass is 9.91. The molecule has 1 aromatic rings. The van der Waals surface area contributed by atoms with Gasteiger partial charge < -0.3 is 4.90 Å². The summed E-state index contributed by atoms with van der Waals surface area (Å²) >= 11 is 3.31. The highest BCUT2D eigenvalue weighted by atomic mass is 79.9. The lowest BCUT2D eigenvalue weighted by Crippen LogP contribution is -2.55. The first kappa shape index (κ1) is 20.4. The molecule has 2 saturated heterocycles. The minimum Gasteiger partial charge on any atom is -0.339 e. The van der Waals surface area contributed by atoms with Gasteiger partial charge in [0, 0.05) is 64.1 Å². The lowest BCUT2D eigenvalue weighted by Gasteiger charge is -2.43. The van der Waals surface area contributed by atoms with Crippen molar-refractivity contribution >= 4 is 33.5 Å². The number of piperazine rings is 1. The Labute approximate surface area is 180 Å². The van der Waals surface area contributed by atoms with Crippen LogP contribution in [0.15, 0.2) is 34.1 Å². The average Bonchev–Trinajstić information content (AvgIpc) is 2.68. The van der Waals surface area contributed by atoms with Crippen molar-refractivity contribution < 1.29 is 4.79 Å². The van der Waals surface area contributed by atoms with E-state index < -0.39 is 0 Å². The number of hydrogen-bond acceptors (Lipinski definition) is 7. The molecule has 3 fully saturated rings. The van der Waals surface area contributed by atoms with Crippen LogP contribution in [0.2, 0.25) is 0 Å². The molecule has 1 N–H and O–H groups in total. The van der Waals surface area contributed by atoms with E-state index in [-0.39, 0.29) is 5.91 Å². The Morgan fingerprint density at radius 2 is 1.93 bits per heavy atom.